The number of nitro groups is 1. The molecule has 6 nitrogen and oxygen atoms in total. The Morgan fingerprint density at radius 1 is 1.36 bits per heavy atom. The zero-order valence-corrected chi connectivity index (χ0v) is 11.9. The molecule has 6 heteroatoms. The quantitative estimate of drug-likeness (QED) is 0.547. The number of aromatic nitrogens is 2. The van der Waals surface area contributed by atoms with E-state index in [1.54, 1.807) is 12.1 Å². The first-order chi connectivity index (χ1) is 10.6. The van der Waals surface area contributed by atoms with Gasteiger partial charge in [0.25, 0.3) is 5.69 Å². The highest BCUT2D eigenvalue weighted by Gasteiger charge is 2.16. The zero-order valence-electron chi connectivity index (χ0n) is 11.9. The molecule has 0 saturated carbocycles. The van der Waals surface area contributed by atoms with E-state index in [9.17, 15) is 10.1 Å². The molecule has 2 heterocycles. The van der Waals surface area contributed by atoms with E-state index in [0.29, 0.717) is 11.3 Å². The molecule has 0 amide bonds. The van der Waals surface area contributed by atoms with Gasteiger partial charge in [0, 0.05) is 23.9 Å². The molecular formula is C16H12N4O2. The molecule has 2 aromatic heterocycles. The van der Waals surface area contributed by atoms with Crippen LogP contribution in [0.4, 0.5) is 5.69 Å². The molecule has 108 valence electrons. The van der Waals surface area contributed by atoms with Crippen LogP contribution in [0.1, 0.15) is 11.3 Å². The number of nitro benzene ring substituents is 1. The normalized spacial score (nSPS) is 10.5. The number of aryl methyl sites for hydroxylation is 1. The van der Waals surface area contributed by atoms with Gasteiger partial charge < -0.3 is 4.40 Å². The molecule has 0 aliphatic heterocycles. The first-order valence-electron chi connectivity index (χ1n) is 6.69. The summed E-state index contributed by atoms with van der Waals surface area (Å²) >= 11 is 0. The summed E-state index contributed by atoms with van der Waals surface area (Å²) in [4.78, 5) is 15.1. The lowest BCUT2D eigenvalue weighted by Crippen LogP contribution is -1.94. The van der Waals surface area contributed by atoms with E-state index in [4.69, 9.17) is 5.26 Å². The molecule has 0 aliphatic carbocycles. The van der Waals surface area contributed by atoms with Crippen LogP contribution >= 0.6 is 0 Å². The van der Waals surface area contributed by atoms with Crippen molar-refractivity contribution in [2.45, 2.75) is 13.3 Å². The van der Waals surface area contributed by atoms with E-state index in [0.717, 1.165) is 16.9 Å². The van der Waals surface area contributed by atoms with E-state index in [-0.39, 0.29) is 12.1 Å². The summed E-state index contributed by atoms with van der Waals surface area (Å²) in [6.45, 7) is 1.96. The van der Waals surface area contributed by atoms with Gasteiger partial charge >= 0.3 is 0 Å². The van der Waals surface area contributed by atoms with Crippen LogP contribution in [0, 0.1) is 28.4 Å². The summed E-state index contributed by atoms with van der Waals surface area (Å²) in [6.07, 6.45) is 2.05. The van der Waals surface area contributed by atoms with Gasteiger partial charge in [0.2, 0.25) is 0 Å². The Labute approximate surface area is 126 Å². The Morgan fingerprint density at radius 2 is 2.18 bits per heavy atom. The fraction of sp³-hybridized carbons (Fsp3) is 0.125. The first kappa shape index (κ1) is 13.8. The van der Waals surface area contributed by atoms with Gasteiger partial charge in [-0.15, -0.1) is 0 Å². The van der Waals surface area contributed by atoms with Gasteiger partial charge in [-0.3, -0.25) is 10.1 Å². The molecule has 0 radical (unpaired) electrons. The van der Waals surface area contributed by atoms with Crippen molar-refractivity contribution in [2.24, 2.45) is 0 Å². The van der Waals surface area contributed by atoms with E-state index < -0.39 is 4.92 Å². The Bertz CT molecular complexity index is 922. The minimum absolute atomic E-state index is 0.00800. The highest BCUT2D eigenvalue weighted by Crippen LogP contribution is 2.28. The molecule has 0 bridgehead atoms. The standard InChI is InChI=1S/C16H12N4O2/c1-11-6-8-19-14(5-7-17)16(18-15(19)9-11)12-3-2-4-13(10-12)20(21)22/h2-4,6,8-10H,5H2,1H3. The molecule has 0 atom stereocenters. The van der Waals surface area contributed by atoms with E-state index >= 15 is 0 Å². The highest BCUT2D eigenvalue weighted by molar-refractivity contribution is 5.69. The van der Waals surface area contributed by atoms with Crippen molar-refractivity contribution in [3.8, 4) is 17.3 Å². The van der Waals surface area contributed by atoms with Crippen molar-refractivity contribution < 1.29 is 4.92 Å². The Hall–Kier alpha value is -3.20. The van der Waals surface area contributed by atoms with Crippen molar-refractivity contribution in [1.29, 1.82) is 5.26 Å². The smallest absolute Gasteiger partial charge is 0.270 e. The van der Waals surface area contributed by atoms with Crippen LogP contribution in [-0.2, 0) is 6.42 Å². The molecule has 3 aromatic rings. The lowest BCUT2D eigenvalue weighted by atomic mass is 10.1. The Morgan fingerprint density at radius 3 is 2.91 bits per heavy atom. The van der Waals surface area contributed by atoms with Crippen molar-refractivity contribution >= 4 is 11.3 Å². The predicted molar refractivity (Wildman–Crippen MR) is 81.3 cm³/mol. The van der Waals surface area contributed by atoms with Crippen molar-refractivity contribution in [1.82, 2.24) is 9.38 Å². The average Bonchev–Trinajstić information content (AvgIpc) is 2.85. The molecular weight excluding hydrogens is 280 g/mol. The topological polar surface area (TPSA) is 84.2 Å². The summed E-state index contributed by atoms with van der Waals surface area (Å²) in [5, 5.41) is 20.0. The molecule has 0 saturated heterocycles. The second-order valence-corrected chi connectivity index (χ2v) is 4.98. The number of rotatable bonds is 3. The lowest BCUT2D eigenvalue weighted by molar-refractivity contribution is -0.384. The van der Waals surface area contributed by atoms with Crippen LogP contribution in [0.3, 0.4) is 0 Å². The third-order valence-corrected chi connectivity index (χ3v) is 3.46. The molecule has 0 spiro atoms. The number of hydrogen-bond donors (Lipinski definition) is 0. The SMILES string of the molecule is Cc1ccn2c(CC#N)c(-c3cccc([N+](=O)[O-])c3)nc2c1. The van der Waals surface area contributed by atoms with E-state index in [1.165, 1.54) is 12.1 Å². The largest absolute Gasteiger partial charge is 0.302 e. The first-order valence-corrected chi connectivity index (χ1v) is 6.69. The maximum absolute atomic E-state index is 10.9. The van der Waals surface area contributed by atoms with Crippen molar-refractivity contribution in [2.75, 3.05) is 0 Å². The number of nitrogens with zero attached hydrogens (tertiary/aromatic N) is 4. The number of hydrogen-bond acceptors (Lipinski definition) is 4. The number of nitriles is 1. The number of fused-ring (bicyclic) bond motifs is 1. The van der Waals surface area contributed by atoms with Crippen LogP contribution in [0.25, 0.3) is 16.9 Å². The summed E-state index contributed by atoms with van der Waals surface area (Å²) in [7, 11) is 0. The third kappa shape index (κ3) is 2.29. The Kier molecular flexibility index (Phi) is 3.31. The minimum atomic E-state index is -0.437. The monoisotopic (exact) mass is 292 g/mol. The molecule has 1 aromatic carbocycles. The zero-order chi connectivity index (χ0) is 15.7. The van der Waals surface area contributed by atoms with Gasteiger partial charge in [-0.1, -0.05) is 12.1 Å². The Balaban J connectivity index is 2.25. The predicted octanol–water partition coefficient (Wildman–Crippen LogP) is 3.28. The number of imidazole rings is 1. The fourth-order valence-electron chi connectivity index (χ4n) is 2.44. The number of benzene rings is 1. The molecule has 0 fully saturated rings. The van der Waals surface area contributed by atoms with E-state index in [1.807, 2.05) is 29.7 Å². The van der Waals surface area contributed by atoms with Crippen LogP contribution < -0.4 is 0 Å². The molecule has 0 N–H and O–H groups in total. The molecule has 0 aliphatic rings. The summed E-state index contributed by atoms with van der Waals surface area (Å²) in [6, 6.07) is 12.3. The van der Waals surface area contributed by atoms with Crippen molar-refractivity contribution in [3.63, 3.8) is 0 Å². The van der Waals surface area contributed by atoms with Gasteiger partial charge in [-0.25, -0.2) is 4.98 Å². The second-order valence-electron chi connectivity index (χ2n) is 4.98. The molecule has 22 heavy (non-hydrogen) atoms. The average molecular weight is 292 g/mol. The molecule has 0 unspecified atom stereocenters. The third-order valence-electron chi connectivity index (χ3n) is 3.46. The fourth-order valence-corrected chi connectivity index (χ4v) is 2.44. The summed E-state index contributed by atoms with van der Waals surface area (Å²) < 4.78 is 1.85. The maximum Gasteiger partial charge on any atom is 0.270 e. The lowest BCUT2D eigenvalue weighted by Gasteiger charge is -2.01. The summed E-state index contributed by atoms with van der Waals surface area (Å²) in [5.74, 6) is 0. The number of pyridine rings is 1. The number of non-ortho nitro benzene ring substituents is 1. The maximum atomic E-state index is 10.9. The van der Waals surface area contributed by atoms with Gasteiger partial charge in [-0.2, -0.15) is 5.26 Å². The van der Waals surface area contributed by atoms with E-state index in [2.05, 4.69) is 11.1 Å². The summed E-state index contributed by atoms with van der Waals surface area (Å²) in [5.41, 5.74) is 3.78. The van der Waals surface area contributed by atoms with Crippen LogP contribution in [-0.4, -0.2) is 14.3 Å². The van der Waals surface area contributed by atoms with Crippen molar-refractivity contribution in [3.05, 3.63) is 64.0 Å². The van der Waals surface area contributed by atoms with Crippen LogP contribution in [0.5, 0.6) is 0 Å². The van der Waals surface area contributed by atoms with Crippen LogP contribution in [0.2, 0.25) is 0 Å². The van der Waals surface area contributed by atoms with Gasteiger partial charge in [-0.05, 0) is 24.6 Å². The van der Waals surface area contributed by atoms with Gasteiger partial charge in [0.05, 0.1) is 28.8 Å². The van der Waals surface area contributed by atoms with Crippen LogP contribution in [0.15, 0.2) is 42.6 Å². The van der Waals surface area contributed by atoms with Gasteiger partial charge in [0.1, 0.15) is 5.65 Å². The minimum Gasteiger partial charge on any atom is -0.302 e. The van der Waals surface area contributed by atoms with Gasteiger partial charge in [0.15, 0.2) is 0 Å². The highest BCUT2D eigenvalue weighted by atomic mass is 16.6. The second kappa shape index (κ2) is 5.30. The molecule has 3 rings (SSSR count).